The van der Waals surface area contributed by atoms with Crippen molar-refractivity contribution in [3.8, 4) is 0 Å². The highest BCUT2D eigenvalue weighted by molar-refractivity contribution is 5.61. The van der Waals surface area contributed by atoms with Gasteiger partial charge in [-0.3, -0.25) is 0 Å². The number of fused-ring (bicyclic) bond motifs is 3. The second-order valence-corrected chi connectivity index (χ2v) is 6.41. The molecule has 0 saturated carbocycles. The minimum absolute atomic E-state index is 0.0798. The number of hydrogen-bond donors (Lipinski definition) is 1. The van der Waals surface area contributed by atoms with Gasteiger partial charge in [-0.2, -0.15) is 13.2 Å². The van der Waals surface area contributed by atoms with E-state index in [4.69, 9.17) is 0 Å². The van der Waals surface area contributed by atoms with Crippen LogP contribution in [0.2, 0.25) is 0 Å². The lowest BCUT2D eigenvalue weighted by Gasteiger charge is -2.38. The zero-order valence-corrected chi connectivity index (χ0v) is 12.9. The number of rotatable bonds is 1. The van der Waals surface area contributed by atoms with Crippen molar-refractivity contribution in [2.75, 3.05) is 5.32 Å². The van der Waals surface area contributed by atoms with Crippen molar-refractivity contribution in [3.05, 3.63) is 76.9 Å². The average molecular weight is 351 g/mol. The summed E-state index contributed by atoms with van der Waals surface area (Å²) in [5.41, 5.74) is -0.111. The zero-order valence-electron chi connectivity index (χ0n) is 12.9. The molecule has 0 radical (unpaired) electrons. The van der Waals surface area contributed by atoms with E-state index in [-0.39, 0.29) is 23.1 Å². The van der Waals surface area contributed by atoms with Crippen LogP contribution in [-0.4, -0.2) is 0 Å². The summed E-state index contributed by atoms with van der Waals surface area (Å²) in [4.78, 5) is 0. The van der Waals surface area contributed by atoms with Gasteiger partial charge in [0.25, 0.3) is 0 Å². The molecule has 25 heavy (non-hydrogen) atoms. The summed E-state index contributed by atoms with van der Waals surface area (Å²) >= 11 is 0. The summed E-state index contributed by atoms with van der Waals surface area (Å²) in [5.74, 6) is -2.01. The number of nitrogens with one attached hydrogen (secondary N) is 1. The minimum atomic E-state index is -4.50. The van der Waals surface area contributed by atoms with Gasteiger partial charge in [0, 0.05) is 12.0 Å². The molecule has 1 aliphatic carbocycles. The van der Waals surface area contributed by atoms with Crippen LogP contribution in [0, 0.1) is 17.6 Å². The number of halogens is 5. The molecule has 0 fully saturated rings. The second kappa shape index (κ2) is 5.58. The van der Waals surface area contributed by atoms with E-state index in [1.165, 1.54) is 18.2 Å². The van der Waals surface area contributed by atoms with Crippen LogP contribution in [0.1, 0.15) is 35.1 Å². The van der Waals surface area contributed by atoms with Gasteiger partial charge in [-0.15, -0.1) is 0 Å². The van der Waals surface area contributed by atoms with Gasteiger partial charge in [0.05, 0.1) is 17.3 Å². The maximum absolute atomic E-state index is 14.3. The number of alkyl halides is 3. The fraction of sp³-hybridized carbons (Fsp3) is 0.263. The van der Waals surface area contributed by atoms with E-state index in [1.807, 2.05) is 12.2 Å². The molecule has 2 aromatic rings. The Morgan fingerprint density at radius 3 is 2.52 bits per heavy atom. The maximum atomic E-state index is 14.3. The number of benzene rings is 2. The van der Waals surface area contributed by atoms with E-state index in [0.29, 0.717) is 12.0 Å². The van der Waals surface area contributed by atoms with Crippen LogP contribution >= 0.6 is 0 Å². The largest absolute Gasteiger partial charge is 0.416 e. The molecule has 3 atom stereocenters. The van der Waals surface area contributed by atoms with Gasteiger partial charge in [0.1, 0.15) is 11.6 Å². The predicted octanol–water partition coefficient (Wildman–Crippen LogP) is 5.81. The first-order valence-corrected chi connectivity index (χ1v) is 7.94. The highest BCUT2D eigenvalue weighted by Crippen LogP contribution is 2.52. The first-order chi connectivity index (χ1) is 11.9. The molecule has 6 heteroatoms. The third-order valence-corrected chi connectivity index (χ3v) is 4.99. The molecule has 1 nitrogen and oxygen atoms in total. The van der Waals surface area contributed by atoms with E-state index in [0.717, 1.165) is 12.1 Å². The number of hydrogen-bond acceptors (Lipinski definition) is 1. The van der Waals surface area contributed by atoms with E-state index >= 15 is 0 Å². The Morgan fingerprint density at radius 1 is 1.00 bits per heavy atom. The monoisotopic (exact) mass is 351 g/mol. The van der Waals surface area contributed by atoms with Crippen LogP contribution in [0.5, 0.6) is 0 Å². The molecule has 2 aliphatic rings. The summed E-state index contributed by atoms with van der Waals surface area (Å²) < 4.78 is 68.1. The molecule has 0 bridgehead atoms. The first kappa shape index (κ1) is 16.1. The van der Waals surface area contributed by atoms with Crippen LogP contribution in [0.25, 0.3) is 0 Å². The molecule has 1 heterocycles. The quantitative estimate of drug-likeness (QED) is 0.505. The van der Waals surface area contributed by atoms with E-state index in [1.54, 1.807) is 6.07 Å². The normalized spacial score (nSPS) is 24.6. The van der Waals surface area contributed by atoms with Gasteiger partial charge in [-0.1, -0.05) is 30.4 Å². The van der Waals surface area contributed by atoms with Crippen molar-refractivity contribution < 1.29 is 22.0 Å². The topological polar surface area (TPSA) is 12.0 Å². The van der Waals surface area contributed by atoms with Crippen LogP contribution in [0.3, 0.4) is 0 Å². The minimum Gasteiger partial charge on any atom is -0.375 e. The lowest BCUT2D eigenvalue weighted by atomic mass is 9.76. The zero-order chi connectivity index (χ0) is 17.8. The van der Waals surface area contributed by atoms with E-state index in [2.05, 4.69) is 5.32 Å². The average Bonchev–Trinajstić information content (AvgIpc) is 3.03. The fourth-order valence-corrected chi connectivity index (χ4v) is 3.96. The Kier molecular flexibility index (Phi) is 3.60. The SMILES string of the molecule is Fc1cc(F)c2c(c1)[C@@H]1C=CC[C@@H]1[C@@H](c1ccccc1C(F)(F)F)N2. The van der Waals surface area contributed by atoms with Crippen LogP contribution in [-0.2, 0) is 6.18 Å². The summed E-state index contributed by atoms with van der Waals surface area (Å²) in [6.07, 6.45) is -0.266. The van der Waals surface area contributed by atoms with Crippen LogP contribution in [0.4, 0.5) is 27.6 Å². The van der Waals surface area contributed by atoms with Crippen LogP contribution < -0.4 is 5.32 Å². The molecule has 1 N–H and O–H groups in total. The molecule has 4 rings (SSSR count). The molecule has 1 aliphatic heterocycles. The van der Waals surface area contributed by atoms with Gasteiger partial charge in [-0.25, -0.2) is 8.78 Å². The van der Waals surface area contributed by atoms with Gasteiger partial charge in [0.2, 0.25) is 0 Å². The lowest BCUT2D eigenvalue weighted by molar-refractivity contribution is -0.138. The highest BCUT2D eigenvalue weighted by Gasteiger charge is 2.43. The Bertz CT molecular complexity index is 855. The molecular weight excluding hydrogens is 337 g/mol. The Balaban J connectivity index is 1.86. The molecule has 0 amide bonds. The molecule has 2 aromatic carbocycles. The third-order valence-electron chi connectivity index (χ3n) is 4.99. The van der Waals surface area contributed by atoms with Crippen LogP contribution in [0.15, 0.2) is 48.6 Å². The summed E-state index contributed by atoms with van der Waals surface area (Å²) in [6.45, 7) is 0. The Labute approximate surface area is 141 Å². The number of anilines is 1. The summed E-state index contributed by atoms with van der Waals surface area (Å²) in [7, 11) is 0. The standard InChI is InChI=1S/C19H14F5N/c20-10-8-14-11-5-3-6-12(11)17(25-18(14)16(21)9-10)13-4-1-2-7-15(13)19(22,23)24/h1-5,7-9,11-12,17,25H,6H2/t11-,12+,17+/m1/s1. The predicted molar refractivity (Wildman–Crippen MR) is 84.2 cm³/mol. The molecular formula is C19H14F5N. The van der Waals surface area contributed by atoms with Crippen molar-refractivity contribution in [1.29, 1.82) is 0 Å². The van der Waals surface area contributed by atoms with Crippen molar-refractivity contribution in [2.45, 2.75) is 24.6 Å². The molecule has 130 valence electrons. The van der Waals surface area contributed by atoms with Gasteiger partial charge in [-0.05, 0) is 35.6 Å². The lowest BCUT2D eigenvalue weighted by Crippen LogP contribution is -2.31. The van der Waals surface area contributed by atoms with E-state index < -0.39 is 29.4 Å². The van der Waals surface area contributed by atoms with E-state index in [9.17, 15) is 22.0 Å². The summed E-state index contributed by atoms with van der Waals surface area (Å²) in [5, 5.41) is 2.91. The number of allylic oxidation sites excluding steroid dienone is 2. The van der Waals surface area contributed by atoms with Crippen molar-refractivity contribution in [1.82, 2.24) is 0 Å². The first-order valence-electron chi connectivity index (χ1n) is 7.94. The molecule has 0 saturated heterocycles. The Hall–Kier alpha value is -2.37. The molecule has 0 unspecified atom stereocenters. The maximum Gasteiger partial charge on any atom is 0.416 e. The smallest absolute Gasteiger partial charge is 0.375 e. The van der Waals surface area contributed by atoms with Gasteiger partial charge < -0.3 is 5.32 Å². The fourth-order valence-electron chi connectivity index (χ4n) is 3.96. The van der Waals surface area contributed by atoms with Crippen molar-refractivity contribution in [3.63, 3.8) is 0 Å². The molecule has 0 aromatic heterocycles. The van der Waals surface area contributed by atoms with Crippen molar-refractivity contribution >= 4 is 5.69 Å². The van der Waals surface area contributed by atoms with Crippen molar-refractivity contribution in [2.24, 2.45) is 5.92 Å². The van der Waals surface area contributed by atoms with Gasteiger partial charge >= 0.3 is 6.18 Å². The third kappa shape index (κ3) is 2.60. The second-order valence-electron chi connectivity index (χ2n) is 6.41. The molecule has 0 spiro atoms. The van der Waals surface area contributed by atoms with Gasteiger partial charge in [0.15, 0.2) is 0 Å². The summed E-state index contributed by atoms with van der Waals surface area (Å²) in [6, 6.07) is 6.63. The highest BCUT2D eigenvalue weighted by atomic mass is 19.4. The Morgan fingerprint density at radius 2 is 1.76 bits per heavy atom.